The topological polar surface area (TPSA) is 49.6 Å². The Bertz CT molecular complexity index is 1220. The highest BCUT2D eigenvalue weighted by molar-refractivity contribution is 5.81. The summed E-state index contributed by atoms with van der Waals surface area (Å²) >= 11 is 0. The monoisotopic (exact) mass is 400 g/mol. The van der Waals surface area contributed by atoms with Crippen LogP contribution in [0.1, 0.15) is 6.42 Å². The second-order valence-electron chi connectivity index (χ2n) is 8.15. The smallest absolute Gasteiger partial charge is 0.155 e. The third kappa shape index (κ3) is 2.69. The fourth-order valence-electron chi connectivity index (χ4n) is 4.80. The van der Waals surface area contributed by atoms with Gasteiger partial charge in [-0.15, -0.1) is 5.10 Å². The van der Waals surface area contributed by atoms with Crippen LogP contribution in [0.4, 0.5) is 10.2 Å². The molecule has 6 rings (SSSR count). The van der Waals surface area contributed by atoms with Crippen LogP contribution in [0.15, 0.2) is 60.9 Å². The van der Waals surface area contributed by atoms with Gasteiger partial charge in [-0.25, -0.2) is 13.9 Å². The first-order valence-corrected chi connectivity index (χ1v) is 10.2. The quantitative estimate of drug-likeness (QED) is 0.527. The summed E-state index contributed by atoms with van der Waals surface area (Å²) < 4.78 is 15.4. The molecule has 0 N–H and O–H groups in total. The summed E-state index contributed by atoms with van der Waals surface area (Å²) in [5.74, 6) is 0.712. The molecule has 7 heteroatoms. The minimum absolute atomic E-state index is 0.262. The predicted molar refractivity (Wildman–Crippen MR) is 114 cm³/mol. The first-order chi connectivity index (χ1) is 14.7. The number of aromatic nitrogens is 4. The van der Waals surface area contributed by atoms with E-state index in [1.54, 1.807) is 24.5 Å². The van der Waals surface area contributed by atoms with Gasteiger partial charge in [0.15, 0.2) is 5.65 Å². The van der Waals surface area contributed by atoms with E-state index < -0.39 is 0 Å². The van der Waals surface area contributed by atoms with Crippen molar-refractivity contribution in [3.63, 3.8) is 0 Å². The minimum Gasteiger partial charge on any atom is -0.349 e. The number of hydrogen-bond acceptors (Lipinski definition) is 5. The Kier molecular flexibility index (Phi) is 3.86. The lowest BCUT2D eigenvalue weighted by Crippen LogP contribution is -2.45. The number of nitrogens with zero attached hydrogens (tertiary/aromatic N) is 6. The summed E-state index contributed by atoms with van der Waals surface area (Å²) in [4.78, 5) is 13.8. The van der Waals surface area contributed by atoms with Gasteiger partial charge < -0.3 is 4.90 Å². The van der Waals surface area contributed by atoms with E-state index in [0.717, 1.165) is 47.1 Å². The largest absolute Gasteiger partial charge is 0.349 e. The maximum absolute atomic E-state index is 13.5. The Hall–Kier alpha value is -3.32. The van der Waals surface area contributed by atoms with Crippen molar-refractivity contribution >= 4 is 11.5 Å². The van der Waals surface area contributed by atoms with E-state index in [2.05, 4.69) is 27.9 Å². The number of pyridine rings is 1. The van der Waals surface area contributed by atoms with Crippen LogP contribution < -0.4 is 4.90 Å². The normalized spacial score (nSPS) is 21.1. The van der Waals surface area contributed by atoms with E-state index in [4.69, 9.17) is 10.1 Å². The molecule has 2 atom stereocenters. The van der Waals surface area contributed by atoms with Crippen molar-refractivity contribution in [2.45, 2.75) is 18.5 Å². The van der Waals surface area contributed by atoms with E-state index in [-0.39, 0.29) is 5.82 Å². The standard InChI is InChI=1S/C23H21FN6/c1-28-13-19-12-18(28)14-29(19)21-7-6-20-26-22(15-2-4-17(24)5-3-15)23(30(20)27-21)16-8-10-25-11-9-16/h2-11,18-19H,12-14H2,1H3. The number of piperazine rings is 1. The van der Waals surface area contributed by atoms with Crippen LogP contribution in [0, 0.1) is 5.82 Å². The van der Waals surface area contributed by atoms with Crippen molar-refractivity contribution in [2.75, 3.05) is 25.0 Å². The Morgan fingerprint density at radius 3 is 2.40 bits per heavy atom. The number of halogens is 1. The van der Waals surface area contributed by atoms with Crippen LogP contribution in [0.3, 0.4) is 0 Å². The molecule has 0 radical (unpaired) electrons. The molecule has 2 saturated heterocycles. The van der Waals surface area contributed by atoms with Crippen molar-refractivity contribution in [1.82, 2.24) is 24.5 Å². The molecule has 2 aliphatic rings. The van der Waals surface area contributed by atoms with Gasteiger partial charge in [0.25, 0.3) is 0 Å². The van der Waals surface area contributed by atoms with E-state index in [1.807, 2.05) is 22.7 Å². The molecule has 6 nitrogen and oxygen atoms in total. The molecule has 0 amide bonds. The molecular formula is C23H21FN6. The van der Waals surface area contributed by atoms with Gasteiger partial charge in [-0.2, -0.15) is 0 Å². The number of likely N-dealkylation sites (tertiary alicyclic amines) is 1. The molecule has 150 valence electrons. The van der Waals surface area contributed by atoms with Crippen LogP contribution in [0.5, 0.6) is 0 Å². The molecule has 0 saturated carbocycles. The van der Waals surface area contributed by atoms with Gasteiger partial charge in [-0.05, 0) is 62.0 Å². The molecule has 0 spiro atoms. The number of likely N-dealkylation sites (N-methyl/N-ethyl adjacent to an activating group) is 1. The molecule has 2 unspecified atom stereocenters. The van der Waals surface area contributed by atoms with Crippen molar-refractivity contribution in [2.24, 2.45) is 0 Å². The predicted octanol–water partition coefficient (Wildman–Crippen LogP) is 3.49. The fourth-order valence-corrected chi connectivity index (χ4v) is 4.80. The molecular weight excluding hydrogens is 379 g/mol. The zero-order valence-corrected chi connectivity index (χ0v) is 16.6. The third-order valence-corrected chi connectivity index (χ3v) is 6.34. The van der Waals surface area contributed by atoms with Crippen molar-refractivity contribution in [3.05, 3.63) is 66.7 Å². The molecule has 3 aromatic heterocycles. The van der Waals surface area contributed by atoms with Gasteiger partial charge in [-0.1, -0.05) is 0 Å². The highest BCUT2D eigenvalue weighted by Gasteiger charge is 2.42. The van der Waals surface area contributed by atoms with Crippen LogP contribution in [-0.2, 0) is 0 Å². The molecule has 0 aliphatic carbocycles. The minimum atomic E-state index is -0.262. The summed E-state index contributed by atoms with van der Waals surface area (Å²) in [5.41, 5.74) is 4.28. The maximum atomic E-state index is 13.5. The second-order valence-corrected chi connectivity index (χ2v) is 8.15. The van der Waals surface area contributed by atoms with Gasteiger partial charge in [0.1, 0.15) is 17.3 Å². The van der Waals surface area contributed by atoms with Crippen molar-refractivity contribution in [3.8, 4) is 22.5 Å². The summed E-state index contributed by atoms with van der Waals surface area (Å²) in [6, 6.07) is 15.6. The van der Waals surface area contributed by atoms with E-state index in [0.29, 0.717) is 12.1 Å². The second kappa shape index (κ2) is 6.60. The molecule has 2 bridgehead atoms. The summed E-state index contributed by atoms with van der Waals surface area (Å²) in [5, 5.41) is 5.01. The van der Waals surface area contributed by atoms with Gasteiger partial charge in [-0.3, -0.25) is 9.88 Å². The van der Waals surface area contributed by atoms with E-state index >= 15 is 0 Å². The summed E-state index contributed by atoms with van der Waals surface area (Å²) in [6.07, 6.45) is 4.72. The molecule has 2 aliphatic heterocycles. The van der Waals surface area contributed by atoms with Crippen LogP contribution >= 0.6 is 0 Å². The number of anilines is 1. The SMILES string of the molecule is CN1CC2CC1CN2c1ccc2nc(-c3ccc(F)cc3)c(-c3ccncc3)n2n1. The number of hydrogen-bond donors (Lipinski definition) is 0. The molecule has 5 heterocycles. The van der Waals surface area contributed by atoms with Gasteiger partial charge in [0.2, 0.25) is 0 Å². The number of fused-ring (bicyclic) bond motifs is 3. The Labute approximate surface area is 173 Å². The summed E-state index contributed by atoms with van der Waals surface area (Å²) in [6.45, 7) is 2.08. The fraction of sp³-hybridized carbons (Fsp3) is 0.261. The lowest BCUT2D eigenvalue weighted by Gasteiger charge is -2.32. The van der Waals surface area contributed by atoms with Gasteiger partial charge >= 0.3 is 0 Å². The zero-order valence-electron chi connectivity index (χ0n) is 16.6. The first kappa shape index (κ1) is 17.5. The average Bonchev–Trinajstić information content (AvgIpc) is 3.46. The first-order valence-electron chi connectivity index (χ1n) is 10.2. The molecule has 4 aromatic rings. The van der Waals surface area contributed by atoms with Crippen LogP contribution in [0.25, 0.3) is 28.2 Å². The Balaban J connectivity index is 1.52. The average molecular weight is 400 g/mol. The summed E-state index contributed by atoms with van der Waals surface area (Å²) in [7, 11) is 2.20. The highest BCUT2D eigenvalue weighted by atomic mass is 19.1. The third-order valence-electron chi connectivity index (χ3n) is 6.34. The number of rotatable bonds is 3. The molecule has 30 heavy (non-hydrogen) atoms. The maximum Gasteiger partial charge on any atom is 0.155 e. The number of imidazole rings is 1. The van der Waals surface area contributed by atoms with E-state index in [1.165, 1.54) is 18.6 Å². The van der Waals surface area contributed by atoms with Gasteiger partial charge in [0, 0.05) is 48.7 Å². The van der Waals surface area contributed by atoms with Gasteiger partial charge in [0.05, 0.1) is 5.69 Å². The Morgan fingerprint density at radius 1 is 0.900 bits per heavy atom. The van der Waals surface area contributed by atoms with Crippen LogP contribution in [0.2, 0.25) is 0 Å². The molecule has 1 aromatic carbocycles. The number of benzene rings is 1. The van der Waals surface area contributed by atoms with Crippen molar-refractivity contribution in [1.29, 1.82) is 0 Å². The zero-order chi connectivity index (χ0) is 20.2. The van der Waals surface area contributed by atoms with E-state index in [9.17, 15) is 4.39 Å². The lowest BCUT2D eigenvalue weighted by atomic mass is 10.1. The molecule has 2 fully saturated rings. The highest BCUT2D eigenvalue weighted by Crippen LogP contribution is 2.35. The van der Waals surface area contributed by atoms with Crippen molar-refractivity contribution < 1.29 is 4.39 Å². The lowest BCUT2D eigenvalue weighted by molar-refractivity contribution is 0.292. The Morgan fingerprint density at radius 2 is 1.70 bits per heavy atom. The van der Waals surface area contributed by atoms with Crippen LogP contribution in [-0.4, -0.2) is 56.7 Å².